The van der Waals surface area contributed by atoms with Gasteiger partial charge in [0.25, 0.3) is 0 Å². The second-order valence-electron chi connectivity index (χ2n) is 1.81. The van der Waals surface area contributed by atoms with E-state index >= 15 is 0 Å². The second-order valence-corrected chi connectivity index (χ2v) is 3.91. The molecule has 1 aromatic rings. The molecule has 0 aliphatic heterocycles. The average molecular weight is 380 g/mol. The third kappa shape index (κ3) is 1.63. The number of nitro groups is 1. The number of aryl methyl sites for hydroxylation is 1. The van der Waals surface area contributed by atoms with E-state index in [2.05, 4.69) is 5.10 Å². The minimum absolute atomic E-state index is 0. The Kier molecular flexibility index (Phi) is 2.67. The fourth-order valence-electron chi connectivity index (χ4n) is 0.656. The van der Waals surface area contributed by atoms with E-state index in [1.807, 2.05) is 45.2 Å². The highest BCUT2D eigenvalue weighted by molar-refractivity contribution is 14.1. The largest absolute Gasteiger partial charge is 1.00 e. The van der Waals surface area contributed by atoms with Crippen LogP contribution in [0.1, 0.15) is 1.43 Å². The van der Waals surface area contributed by atoms with Gasteiger partial charge in [-0.05, 0) is 50.1 Å². The second kappa shape index (κ2) is 3.21. The number of hydrogen-bond donors (Lipinski definition) is 0. The van der Waals surface area contributed by atoms with Gasteiger partial charge in [-0.15, -0.1) is 4.68 Å². The highest BCUT2D eigenvalue weighted by atomic mass is 127. The van der Waals surface area contributed by atoms with Crippen LogP contribution in [0, 0.1) is 17.4 Å². The lowest BCUT2D eigenvalue weighted by Crippen LogP contribution is -1.98. The van der Waals surface area contributed by atoms with Crippen LogP contribution in [-0.4, -0.2) is 14.7 Å². The van der Waals surface area contributed by atoms with E-state index in [1.165, 1.54) is 4.68 Å². The quantitative estimate of drug-likeness (QED) is 0.423. The lowest BCUT2D eigenvalue weighted by Gasteiger charge is -1.91. The summed E-state index contributed by atoms with van der Waals surface area (Å²) in [6, 6.07) is 0. The first-order valence-corrected chi connectivity index (χ1v) is 4.72. The zero-order valence-electron chi connectivity index (χ0n) is 6.41. The predicted molar refractivity (Wildman–Crippen MR) is 56.4 cm³/mol. The van der Waals surface area contributed by atoms with E-state index in [-0.39, 0.29) is 7.24 Å². The molecule has 0 fully saturated rings. The summed E-state index contributed by atoms with van der Waals surface area (Å²) in [7, 11) is 1.56. The molecule has 60 valence electrons. The number of rotatable bonds is 1. The average Bonchev–Trinajstić information content (AvgIpc) is 2.07. The lowest BCUT2D eigenvalue weighted by molar-refractivity contribution is -0.393. The van der Waals surface area contributed by atoms with Crippen LogP contribution < -0.4 is 0 Å². The minimum Gasteiger partial charge on any atom is -0.358 e. The summed E-state index contributed by atoms with van der Waals surface area (Å²) in [5.41, 5.74) is 0. The topological polar surface area (TPSA) is 61.0 Å². The molecule has 0 saturated heterocycles. The third-order valence-corrected chi connectivity index (χ3v) is 3.88. The molecule has 0 spiro atoms. The smallest absolute Gasteiger partial charge is 0.358 e. The van der Waals surface area contributed by atoms with E-state index in [1.54, 1.807) is 7.05 Å². The van der Waals surface area contributed by atoms with E-state index in [0.29, 0.717) is 7.27 Å². The van der Waals surface area contributed by atoms with Gasteiger partial charge in [0.2, 0.25) is 0 Å². The molecule has 0 aromatic carbocycles. The molecule has 1 heterocycles. The van der Waals surface area contributed by atoms with Crippen LogP contribution in [0.25, 0.3) is 0 Å². The van der Waals surface area contributed by atoms with Gasteiger partial charge in [0.15, 0.2) is 3.70 Å². The van der Waals surface area contributed by atoms with Crippen molar-refractivity contribution in [3.05, 3.63) is 17.4 Å². The van der Waals surface area contributed by atoms with Crippen molar-refractivity contribution in [2.24, 2.45) is 7.05 Å². The fraction of sp³-hybridized carbons (Fsp3) is 0.250. The van der Waals surface area contributed by atoms with Crippen molar-refractivity contribution >= 4 is 51.0 Å². The van der Waals surface area contributed by atoms with Crippen LogP contribution in [0.3, 0.4) is 0 Å². The third-order valence-electron chi connectivity index (χ3n) is 1.09. The molecule has 0 aliphatic carbocycles. The highest BCUT2D eigenvalue weighted by Gasteiger charge is 2.21. The Hall–Kier alpha value is 0.0700. The van der Waals surface area contributed by atoms with Crippen molar-refractivity contribution in [2.45, 2.75) is 0 Å². The Morgan fingerprint density at radius 3 is 2.45 bits per heavy atom. The van der Waals surface area contributed by atoms with Crippen LogP contribution in [0.15, 0.2) is 0 Å². The summed E-state index contributed by atoms with van der Waals surface area (Å²) in [6.07, 6.45) is 0. The fourth-order valence-corrected chi connectivity index (χ4v) is 1.87. The molecule has 0 unspecified atom stereocenters. The number of halogens is 2. The van der Waals surface area contributed by atoms with Gasteiger partial charge in [-0.1, -0.05) is 5.10 Å². The molecule has 5 nitrogen and oxygen atoms in total. The van der Waals surface area contributed by atoms with E-state index in [0.717, 1.165) is 0 Å². The standard InChI is InChI=1S/C4H3I2N3O2/c1-8-4(9(10)11)2(5)3(6)7-8/h1H3/p+1. The zero-order chi connectivity index (χ0) is 8.59. The predicted octanol–water partition coefficient (Wildman–Crippen LogP) is 1.65. The van der Waals surface area contributed by atoms with Crippen molar-refractivity contribution in [1.82, 2.24) is 9.78 Å². The van der Waals surface area contributed by atoms with Crippen LogP contribution >= 0.6 is 45.2 Å². The summed E-state index contributed by atoms with van der Waals surface area (Å²) in [4.78, 5) is 9.96. The van der Waals surface area contributed by atoms with E-state index < -0.39 is 4.92 Å². The van der Waals surface area contributed by atoms with Gasteiger partial charge in [-0.2, -0.15) is 0 Å². The van der Waals surface area contributed by atoms with E-state index in [4.69, 9.17) is 0 Å². The summed E-state index contributed by atoms with van der Waals surface area (Å²) in [5, 5.41) is 14.3. The lowest BCUT2D eigenvalue weighted by atomic mass is 10.6. The molecule has 0 radical (unpaired) electrons. The van der Waals surface area contributed by atoms with Crippen molar-refractivity contribution in [2.75, 3.05) is 0 Å². The van der Waals surface area contributed by atoms with E-state index in [9.17, 15) is 10.1 Å². The number of hydrogen-bond acceptors (Lipinski definition) is 3. The monoisotopic (exact) mass is 380 g/mol. The number of aromatic nitrogens is 2. The normalized spacial score (nSPS) is 10.1. The van der Waals surface area contributed by atoms with Crippen LogP contribution in [0.5, 0.6) is 0 Å². The maximum absolute atomic E-state index is 10.4. The first-order valence-electron chi connectivity index (χ1n) is 2.56. The summed E-state index contributed by atoms with van der Waals surface area (Å²) >= 11 is 3.87. The Labute approximate surface area is 91.1 Å². The first-order chi connectivity index (χ1) is 5.04. The van der Waals surface area contributed by atoms with Crippen LogP contribution in [-0.2, 0) is 7.05 Å². The van der Waals surface area contributed by atoms with Crippen molar-refractivity contribution in [3.63, 3.8) is 0 Å². The molecule has 1 rings (SSSR count). The van der Waals surface area contributed by atoms with Crippen LogP contribution in [0.2, 0.25) is 0 Å². The molecule has 1 aromatic heterocycles. The molecule has 0 N–H and O–H groups in total. The molecule has 0 bridgehead atoms. The van der Waals surface area contributed by atoms with Gasteiger partial charge in [0.1, 0.15) is 10.6 Å². The zero-order valence-corrected chi connectivity index (χ0v) is 9.73. The van der Waals surface area contributed by atoms with Gasteiger partial charge in [0.05, 0.1) is 0 Å². The number of nitrogens with zero attached hydrogens (tertiary/aromatic N) is 3. The molecular weight excluding hydrogens is 376 g/mol. The Morgan fingerprint density at radius 1 is 1.73 bits per heavy atom. The molecular formula is C4H4I2N3O2+. The highest BCUT2D eigenvalue weighted by Crippen LogP contribution is 2.23. The summed E-state index contributed by atoms with van der Waals surface area (Å²) in [6.45, 7) is 0. The Balaban J connectivity index is 0.00000121. The molecule has 11 heavy (non-hydrogen) atoms. The van der Waals surface area contributed by atoms with Crippen molar-refractivity contribution in [3.8, 4) is 0 Å². The van der Waals surface area contributed by atoms with Gasteiger partial charge in [-0.3, -0.25) is 0 Å². The summed E-state index contributed by atoms with van der Waals surface area (Å²) in [5.74, 6) is 0.0509. The van der Waals surface area contributed by atoms with Gasteiger partial charge >= 0.3 is 7.24 Å². The SMILES string of the molecule is Cn1nc(I)c(I)c1[N+](=O)[O-].[H+]. The van der Waals surface area contributed by atoms with Crippen molar-refractivity contribution in [1.29, 1.82) is 0 Å². The van der Waals surface area contributed by atoms with Crippen molar-refractivity contribution < 1.29 is 6.35 Å². The van der Waals surface area contributed by atoms with Crippen LogP contribution in [0.4, 0.5) is 5.82 Å². The molecule has 0 saturated carbocycles. The van der Waals surface area contributed by atoms with Gasteiger partial charge in [-0.25, -0.2) is 0 Å². The minimum atomic E-state index is -0.434. The van der Waals surface area contributed by atoms with Gasteiger partial charge in [0, 0.05) is 0 Å². The summed E-state index contributed by atoms with van der Waals surface area (Å²) < 4.78 is 2.52. The Bertz CT molecular complexity index is 313. The molecule has 0 amide bonds. The Morgan fingerprint density at radius 2 is 2.27 bits per heavy atom. The maximum atomic E-state index is 10.4. The molecule has 0 atom stereocenters. The molecule has 0 aliphatic rings. The van der Waals surface area contributed by atoms with Gasteiger partial charge < -0.3 is 10.1 Å². The molecule has 7 heteroatoms. The maximum Gasteiger partial charge on any atom is 1.00 e. The first kappa shape index (κ1) is 9.16.